The molecular weight excluding hydrogens is 334 g/mol. The number of hydrogen-bond donors (Lipinski definition) is 2. The molecule has 2 aromatic heterocycles. The number of carbonyl (C=O) groups excluding carboxylic acids is 2. The Morgan fingerprint density at radius 3 is 2.73 bits per heavy atom. The molecule has 136 valence electrons. The van der Waals surface area contributed by atoms with E-state index in [1.807, 2.05) is 9.80 Å². The minimum absolute atomic E-state index is 0.00399. The maximum absolute atomic E-state index is 12.7. The van der Waals surface area contributed by atoms with Crippen LogP contribution in [0.15, 0.2) is 24.4 Å². The summed E-state index contributed by atoms with van der Waals surface area (Å²) in [5, 5.41) is 7.92. The van der Waals surface area contributed by atoms with Crippen molar-refractivity contribution in [2.24, 2.45) is 0 Å². The number of aromatic amines is 1. The van der Waals surface area contributed by atoms with Crippen LogP contribution in [0.3, 0.4) is 0 Å². The Bertz CT molecular complexity index is 894. The van der Waals surface area contributed by atoms with Crippen LogP contribution in [0.25, 0.3) is 0 Å². The number of nitrogens with zero attached hydrogens (tertiary/aromatic N) is 3. The van der Waals surface area contributed by atoms with E-state index in [4.69, 9.17) is 10.1 Å². The second-order valence-corrected chi connectivity index (χ2v) is 6.53. The van der Waals surface area contributed by atoms with Crippen molar-refractivity contribution >= 4 is 23.8 Å². The van der Waals surface area contributed by atoms with E-state index < -0.39 is 0 Å². The highest BCUT2D eigenvalue weighted by atomic mass is 16.5. The molecule has 2 N–H and O–H groups in total. The van der Waals surface area contributed by atoms with Crippen molar-refractivity contribution < 1.29 is 14.3 Å². The number of nitrogens with one attached hydrogen (secondary N) is 2. The van der Waals surface area contributed by atoms with Gasteiger partial charge in [-0.3, -0.25) is 19.6 Å². The monoisotopic (exact) mass is 355 g/mol. The second-order valence-electron chi connectivity index (χ2n) is 6.53. The average molecular weight is 355 g/mol. The molecule has 2 aromatic rings. The molecule has 0 radical (unpaired) electrons. The van der Waals surface area contributed by atoms with Gasteiger partial charge in [0.05, 0.1) is 6.54 Å². The summed E-state index contributed by atoms with van der Waals surface area (Å²) in [6, 6.07) is 5.15. The third-order valence-corrected chi connectivity index (χ3v) is 4.87. The summed E-state index contributed by atoms with van der Waals surface area (Å²) in [6.07, 6.45) is 5.42. The Morgan fingerprint density at radius 1 is 1.19 bits per heavy atom. The van der Waals surface area contributed by atoms with E-state index in [0.717, 1.165) is 31.6 Å². The number of amides is 1. The molecule has 4 heterocycles. The molecule has 0 unspecified atom stereocenters. The van der Waals surface area contributed by atoms with Gasteiger partial charge in [0, 0.05) is 37.1 Å². The maximum Gasteiger partial charge on any atom is 0.270 e. The molecule has 0 atom stereocenters. The fourth-order valence-electron chi connectivity index (χ4n) is 3.49. The molecule has 0 bridgehead atoms. The van der Waals surface area contributed by atoms with Crippen LogP contribution >= 0.6 is 0 Å². The van der Waals surface area contributed by atoms with Crippen LogP contribution in [0.5, 0.6) is 5.75 Å². The zero-order valence-corrected chi connectivity index (χ0v) is 14.4. The van der Waals surface area contributed by atoms with Crippen LogP contribution < -0.4 is 15.1 Å². The number of rotatable bonds is 3. The van der Waals surface area contributed by atoms with Gasteiger partial charge in [0.15, 0.2) is 11.6 Å². The summed E-state index contributed by atoms with van der Waals surface area (Å²) in [7, 11) is 0. The van der Waals surface area contributed by atoms with Crippen LogP contribution in [0.1, 0.15) is 29.8 Å². The highest BCUT2D eigenvalue weighted by Gasteiger charge is 2.27. The molecule has 0 saturated carbocycles. The lowest BCUT2D eigenvalue weighted by molar-refractivity contribution is 0.0719. The summed E-state index contributed by atoms with van der Waals surface area (Å²) in [5.41, 5.74) is 1.40. The Morgan fingerprint density at radius 2 is 2.00 bits per heavy atom. The molecule has 2 aliphatic heterocycles. The zero-order valence-electron chi connectivity index (χ0n) is 14.4. The highest BCUT2D eigenvalue weighted by molar-refractivity contribution is 5.94. The van der Waals surface area contributed by atoms with Crippen molar-refractivity contribution in [3.63, 3.8) is 0 Å². The molecule has 0 aromatic carbocycles. The molecule has 4 rings (SSSR count). The van der Waals surface area contributed by atoms with Gasteiger partial charge in [-0.2, -0.15) is 0 Å². The number of likely N-dealkylation sites (tertiary alicyclic amines) is 1. The van der Waals surface area contributed by atoms with E-state index in [9.17, 15) is 9.59 Å². The molecule has 0 spiro atoms. The topological polar surface area (TPSA) is 94.4 Å². The first-order chi connectivity index (χ1) is 12.7. The number of pyridine rings is 1. The van der Waals surface area contributed by atoms with Gasteiger partial charge in [-0.1, -0.05) is 0 Å². The first-order valence-electron chi connectivity index (χ1n) is 8.82. The molecule has 26 heavy (non-hydrogen) atoms. The van der Waals surface area contributed by atoms with Crippen molar-refractivity contribution in [1.29, 1.82) is 5.41 Å². The highest BCUT2D eigenvalue weighted by Crippen LogP contribution is 2.36. The average Bonchev–Trinajstić information content (AvgIpc) is 3.12. The van der Waals surface area contributed by atoms with Crippen molar-refractivity contribution in [3.05, 3.63) is 35.6 Å². The van der Waals surface area contributed by atoms with Crippen LogP contribution in [0.2, 0.25) is 0 Å². The van der Waals surface area contributed by atoms with E-state index in [1.165, 1.54) is 11.0 Å². The predicted octanol–water partition coefficient (Wildman–Crippen LogP) is 1.49. The maximum atomic E-state index is 12.7. The summed E-state index contributed by atoms with van der Waals surface area (Å²) >= 11 is 0. The zero-order chi connectivity index (χ0) is 18.1. The van der Waals surface area contributed by atoms with Gasteiger partial charge in [-0.15, -0.1) is 0 Å². The molecule has 1 saturated heterocycles. The lowest BCUT2D eigenvalue weighted by atomic mass is 10.1. The van der Waals surface area contributed by atoms with Crippen molar-refractivity contribution in [3.8, 4) is 5.75 Å². The van der Waals surface area contributed by atoms with Gasteiger partial charge in [0.25, 0.3) is 5.91 Å². The Kier molecular flexibility index (Phi) is 4.24. The van der Waals surface area contributed by atoms with Gasteiger partial charge in [-0.25, -0.2) is 0 Å². The number of ether oxygens (including phenoxy) is 1. The van der Waals surface area contributed by atoms with Crippen molar-refractivity contribution in [1.82, 2.24) is 14.5 Å². The second kappa shape index (κ2) is 6.70. The molecule has 1 fully saturated rings. The summed E-state index contributed by atoms with van der Waals surface area (Å²) in [5.74, 6) is 1.34. The normalized spacial score (nSPS) is 16.8. The Labute approximate surface area is 150 Å². The van der Waals surface area contributed by atoms with Gasteiger partial charge < -0.3 is 19.5 Å². The van der Waals surface area contributed by atoms with Crippen LogP contribution in [0.4, 0.5) is 11.5 Å². The molecule has 0 aliphatic carbocycles. The SMILES string of the molecule is N=c1cc(N2CCOc3cc(C(=O)N4CCCCC4)[nH]c32)ccn1C=O. The number of H-pyrrole nitrogens is 1. The van der Waals surface area contributed by atoms with E-state index in [1.54, 1.807) is 24.4 Å². The predicted molar refractivity (Wildman–Crippen MR) is 95.5 cm³/mol. The van der Waals surface area contributed by atoms with E-state index in [-0.39, 0.29) is 11.4 Å². The summed E-state index contributed by atoms with van der Waals surface area (Å²) in [6.45, 7) is 2.66. The number of anilines is 2. The fraction of sp³-hybridized carbons (Fsp3) is 0.389. The number of aromatic nitrogens is 2. The van der Waals surface area contributed by atoms with Gasteiger partial charge in [0.2, 0.25) is 6.41 Å². The number of piperidine rings is 1. The minimum Gasteiger partial charge on any atom is -0.488 e. The molecule has 1 amide bonds. The third-order valence-electron chi connectivity index (χ3n) is 4.87. The lowest BCUT2D eigenvalue weighted by Gasteiger charge is -2.28. The van der Waals surface area contributed by atoms with E-state index in [0.29, 0.717) is 36.8 Å². The van der Waals surface area contributed by atoms with Gasteiger partial charge in [0.1, 0.15) is 17.8 Å². The quantitative estimate of drug-likeness (QED) is 0.816. The standard InChI is InChI=1S/C18H21N5O3/c19-16-10-13(4-7-22(16)12-24)23-8-9-26-15-11-14(20-17(15)23)18(25)21-5-2-1-3-6-21/h4,7,10-12,19-20H,1-3,5-6,8-9H2. The number of fused-ring (bicyclic) bond motifs is 1. The van der Waals surface area contributed by atoms with Crippen molar-refractivity contribution in [2.45, 2.75) is 19.3 Å². The molecular formula is C18H21N5O3. The number of hydrogen-bond acceptors (Lipinski definition) is 5. The Balaban J connectivity index is 1.65. The first-order valence-corrected chi connectivity index (χ1v) is 8.82. The molecule has 8 nitrogen and oxygen atoms in total. The van der Waals surface area contributed by atoms with Crippen LogP contribution in [0, 0.1) is 5.41 Å². The fourth-order valence-corrected chi connectivity index (χ4v) is 3.49. The molecule has 8 heteroatoms. The van der Waals surface area contributed by atoms with E-state index >= 15 is 0 Å². The largest absolute Gasteiger partial charge is 0.488 e. The van der Waals surface area contributed by atoms with Gasteiger partial charge >= 0.3 is 0 Å². The van der Waals surface area contributed by atoms with Crippen LogP contribution in [-0.4, -0.2) is 53.0 Å². The van der Waals surface area contributed by atoms with Gasteiger partial charge in [-0.05, 0) is 25.3 Å². The smallest absolute Gasteiger partial charge is 0.270 e. The first kappa shape index (κ1) is 16.4. The summed E-state index contributed by atoms with van der Waals surface area (Å²) in [4.78, 5) is 30.7. The van der Waals surface area contributed by atoms with Crippen LogP contribution in [-0.2, 0) is 4.79 Å². The Hall–Kier alpha value is -3.03. The minimum atomic E-state index is -0.00399. The number of carbonyl (C=O) groups is 2. The summed E-state index contributed by atoms with van der Waals surface area (Å²) < 4.78 is 6.92. The van der Waals surface area contributed by atoms with E-state index in [2.05, 4.69) is 4.98 Å². The third kappa shape index (κ3) is 2.87. The molecule has 2 aliphatic rings. The van der Waals surface area contributed by atoms with Crippen molar-refractivity contribution in [2.75, 3.05) is 31.1 Å². The lowest BCUT2D eigenvalue weighted by Crippen LogP contribution is -2.35.